The van der Waals surface area contributed by atoms with Crippen molar-refractivity contribution in [2.75, 3.05) is 13.7 Å². The second-order valence-corrected chi connectivity index (χ2v) is 5.61. The van der Waals surface area contributed by atoms with E-state index in [9.17, 15) is 4.79 Å². The molecule has 0 spiro atoms. The van der Waals surface area contributed by atoms with E-state index in [0.29, 0.717) is 12.1 Å². The van der Waals surface area contributed by atoms with E-state index in [1.807, 2.05) is 0 Å². The van der Waals surface area contributed by atoms with Gasteiger partial charge in [-0.05, 0) is 32.2 Å². The molecule has 1 aliphatic carbocycles. The predicted octanol–water partition coefficient (Wildman–Crippen LogP) is 2.27. The topological polar surface area (TPSA) is 49.8 Å². The molecule has 1 aliphatic heterocycles. The minimum atomic E-state index is -0.670. The lowest BCUT2D eigenvalue weighted by Crippen LogP contribution is -2.53. The lowest BCUT2D eigenvalue weighted by atomic mass is 9.87. The number of ether oxygens (including phenoxy) is 1. The van der Waals surface area contributed by atoms with Gasteiger partial charge >= 0.3 is 5.97 Å². The molecule has 0 aromatic rings. The molecule has 0 aromatic heterocycles. The summed E-state index contributed by atoms with van der Waals surface area (Å²) in [5.74, 6) is -0.670. The van der Waals surface area contributed by atoms with Crippen molar-refractivity contribution in [1.82, 2.24) is 4.90 Å². The Bertz CT molecular complexity index is 282. The first-order chi connectivity index (χ1) is 8.72. The fourth-order valence-corrected chi connectivity index (χ4v) is 3.61. The smallest absolute Gasteiger partial charge is 0.304 e. The highest BCUT2D eigenvalue weighted by atomic mass is 16.5. The Morgan fingerprint density at radius 3 is 2.67 bits per heavy atom. The Hall–Kier alpha value is -0.610. The van der Waals surface area contributed by atoms with E-state index in [0.717, 1.165) is 25.8 Å². The molecule has 3 unspecified atom stereocenters. The second kappa shape index (κ2) is 6.53. The quantitative estimate of drug-likeness (QED) is 0.837. The molecule has 18 heavy (non-hydrogen) atoms. The molecule has 0 aromatic carbocycles. The number of carboxylic acids is 1. The molecule has 104 valence electrons. The van der Waals surface area contributed by atoms with E-state index < -0.39 is 5.97 Å². The van der Waals surface area contributed by atoms with Gasteiger partial charge in [-0.2, -0.15) is 0 Å². The third kappa shape index (κ3) is 3.23. The zero-order chi connectivity index (χ0) is 13.0. The number of piperidine rings is 1. The molecule has 2 rings (SSSR count). The number of aliphatic carboxylic acids is 1. The molecule has 1 saturated heterocycles. The molecule has 3 atom stereocenters. The number of carboxylic acid groups (broad SMARTS) is 1. The number of methoxy groups -OCH3 is 1. The van der Waals surface area contributed by atoms with Crippen LogP contribution in [0.1, 0.15) is 51.4 Å². The third-order valence-electron chi connectivity index (χ3n) is 4.48. The molecule has 4 nitrogen and oxygen atoms in total. The number of rotatable bonds is 4. The second-order valence-electron chi connectivity index (χ2n) is 5.61. The minimum Gasteiger partial charge on any atom is -0.481 e. The number of hydrogen-bond acceptors (Lipinski definition) is 3. The molecule has 0 bridgehead atoms. The summed E-state index contributed by atoms with van der Waals surface area (Å²) in [7, 11) is 1.79. The Kier molecular flexibility index (Phi) is 5.01. The Morgan fingerprint density at radius 2 is 1.94 bits per heavy atom. The van der Waals surface area contributed by atoms with Crippen molar-refractivity contribution >= 4 is 5.97 Å². The van der Waals surface area contributed by atoms with Crippen molar-refractivity contribution in [3.63, 3.8) is 0 Å². The van der Waals surface area contributed by atoms with E-state index in [-0.39, 0.29) is 12.5 Å². The molecular formula is C14H25NO3. The molecule has 0 radical (unpaired) electrons. The van der Waals surface area contributed by atoms with Gasteiger partial charge in [0.1, 0.15) is 0 Å². The van der Waals surface area contributed by atoms with Gasteiger partial charge < -0.3 is 9.84 Å². The van der Waals surface area contributed by atoms with Gasteiger partial charge in [-0.25, -0.2) is 0 Å². The zero-order valence-corrected chi connectivity index (χ0v) is 11.3. The third-order valence-corrected chi connectivity index (χ3v) is 4.48. The Balaban J connectivity index is 2.04. The molecule has 1 heterocycles. The van der Waals surface area contributed by atoms with Crippen LogP contribution in [0, 0.1) is 0 Å². The average molecular weight is 255 g/mol. The number of nitrogens with zero attached hydrogens (tertiary/aromatic N) is 1. The highest BCUT2D eigenvalue weighted by molar-refractivity contribution is 5.67. The Morgan fingerprint density at radius 1 is 1.22 bits per heavy atom. The molecule has 0 amide bonds. The summed E-state index contributed by atoms with van der Waals surface area (Å²) >= 11 is 0. The monoisotopic (exact) mass is 255 g/mol. The first kappa shape index (κ1) is 13.8. The van der Waals surface area contributed by atoms with Crippen LogP contribution < -0.4 is 0 Å². The summed E-state index contributed by atoms with van der Waals surface area (Å²) in [6, 6.07) is 0.658. The molecule has 4 heteroatoms. The van der Waals surface area contributed by atoms with Crippen molar-refractivity contribution < 1.29 is 14.6 Å². The average Bonchev–Trinajstić information content (AvgIpc) is 2.39. The maximum Gasteiger partial charge on any atom is 0.304 e. The standard InChI is InChI=1S/C14H25NO3/c1-18-13-8-3-2-7-12(13)15-9-5-4-6-11(15)10-14(16)17/h11-13H,2-10H2,1H3,(H,16,17). The lowest BCUT2D eigenvalue weighted by Gasteiger charge is -2.45. The van der Waals surface area contributed by atoms with E-state index in [1.54, 1.807) is 7.11 Å². The summed E-state index contributed by atoms with van der Waals surface area (Å²) in [6.45, 7) is 1.04. The van der Waals surface area contributed by atoms with Crippen LogP contribution in [0.15, 0.2) is 0 Å². The highest BCUT2D eigenvalue weighted by Crippen LogP contribution is 2.31. The van der Waals surface area contributed by atoms with Gasteiger partial charge in [-0.15, -0.1) is 0 Å². The largest absolute Gasteiger partial charge is 0.481 e. The molecule has 1 N–H and O–H groups in total. The fourth-order valence-electron chi connectivity index (χ4n) is 3.61. The van der Waals surface area contributed by atoms with Crippen LogP contribution in [0.3, 0.4) is 0 Å². The highest BCUT2D eigenvalue weighted by Gasteiger charge is 2.36. The maximum absolute atomic E-state index is 11.0. The van der Waals surface area contributed by atoms with E-state index >= 15 is 0 Å². The van der Waals surface area contributed by atoms with Gasteiger partial charge in [0.2, 0.25) is 0 Å². The molecule has 1 saturated carbocycles. The summed E-state index contributed by atoms with van der Waals surface area (Å²) < 4.78 is 5.62. The van der Waals surface area contributed by atoms with Crippen molar-refractivity contribution in [3.05, 3.63) is 0 Å². The summed E-state index contributed by atoms with van der Waals surface area (Å²) in [5, 5.41) is 9.05. The maximum atomic E-state index is 11.0. The molecule has 2 aliphatic rings. The first-order valence-corrected chi connectivity index (χ1v) is 7.22. The minimum absolute atomic E-state index is 0.219. The van der Waals surface area contributed by atoms with E-state index in [2.05, 4.69) is 4.90 Å². The summed E-state index contributed by atoms with van der Waals surface area (Å²) in [6.07, 6.45) is 8.75. The lowest BCUT2D eigenvalue weighted by molar-refractivity contribution is -0.139. The van der Waals surface area contributed by atoms with Gasteiger partial charge in [-0.1, -0.05) is 19.3 Å². The normalized spacial score (nSPS) is 34.4. The van der Waals surface area contributed by atoms with Crippen LogP contribution in [-0.2, 0) is 9.53 Å². The number of carbonyl (C=O) groups is 1. The van der Waals surface area contributed by atoms with Crippen LogP contribution in [-0.4, -0.2) is 47.8 Å². The number of hydrogen-bond donors (Lipinski definition) is 1. The SMILES string of the molecule is COC1CCCCC1N1CCCCC1CC(=O)O. The van der Waals surface area contributed by atoms with Crippen LogP contribution in [0.2, 0.25) is 0 Å². The van der Waals surface area contributed by atoms with Gasteiger partial charge in [0, 0.05) is 19.2 Å². The first-order valence-electron chi connectivity index (χ1n) is 7.22. The van der Waals surface area contributed by atoms with Crippen LogP contribution in [0.4, 0.5) is 0 Å². The summed E-state index contributed by atoms with van der Waals surface area (Å²) in [4.78, 5) is 13.4. The summed E-state index contributed by atoms with van der Waals surface area (Å²) in [5.41, 5.74) is 0. The van der Waals surface area contributed by atoms with Crippen LogP contribution >= 0.6 is 0 Å². The van der Waals surface area contributed by atoms with Crippen LogP contribution in [0.5, 0.6) is 0 Å². The van der Waals surface area contributed by atoms with Crippen molar-refractivity contribution in [3.8, 4) is 0 Å². The van der Waals surface area contributed by atoms with Gasteiger partial charge in [0.25, 0.3) is 0 Å². The van der Waals surface area contributed by atoms with Gasteiger partial charge in [-0.3, -0.25) is 9.69 Å². The molecule has 2 fully saturated rings. The van der Waals surface area contributed by atoms with Gasteiger partial charge in [0.05, 0.1) is 12.5 Å². The van der Waals surface area contributed by atoms with Gasteiger partial charge in [0.15, 0.2) is 0 Å². The molecular weight excluding hydrogens is 230 g/mol. The van der Waals surface area contributed by atoms with E-state index in [4.69, 9.17) is 9.84 Å². The van der Waals surface area contributed by atoms with Crippen molar-refractivity contribution in [2.24, 2.45) is 0 Å². The van der Waals surface area contributed by atoms with Crippen LogP contribution in [0.25, 0.3) is 0 Å². The fraction of sp³-hybridized carbons (Fsp3) is 0.929. The van der Waals surface area contributed by atoms with E-state index in [1.165, 1.54) is 25.7 Å². The predicted molar refractivity (Wildman–Crippen MR) is 69.7 cm³/mol. The van der Waals surface area contributed by atoms with Crippen molar-refractivity contribution in [2.45, 2.75) is 69.6 Å². The zero-order valence-electron chi connectivity index (χ0n) is 11.3. The van der Waals surface area contributed by atoms with Crippen molar-refractivity contribution in [1.29, 1.82) is 0 Å². The Labute approximate surface area is 109 Å². The number of likely N-dealkylation sites (tertiary alicyclic amines) is 1.